The zero-order valence-electron chi connectivity index (χ0n) is 15.8. The molecule has 0 fully saturated rings. The molecule has 3 aromatic carbocycles. The topological polar surface area (TPSA) is 63.0 Å². The van der Waals surface area contributed by atoms with Gasteiger partial charge in [0.05, 0.1) is 18.0 Å². The molecule has 0 bridgehead atoms. The highest BCUT2D eigenvalue weighted by molar-refractivity contribution is 5.90. The molecule has 5 heteroatoms. The summed E-state index contributed by atoms with van der Waals surface area (Å²) in [4.78, 5) is 12.1. The zero-order chi connectivity index (χ0) is 19.6. The number of rotatable bonds is 8. The van der Waals surface area contributed by atoms with Crippen LogP contribution in [-0.4, -0.2) is 12.5 Å². The number of carbonyl (C=O) groups is 1. The van der Waals surface area contributed by atoms with E-state index < -0.39 is 0 Å². The quantitative estimate of drug-likeness (QED) is 0.377. The zero-order valence-corrected chi connectivity index (χ0v) is 15.8. The largest absolute Gasteiger partial charge is 0.494 e. The SMILES string of the molecule is Cc1ccc(OCCCC(=O)Nc2ccc(N=Nc3ccccc3)cc2)cc1. The van der Waals surface area contributed by atoms with Crippen LogP contribution in [0.4, 0.5) is 17.1 Å². The molecule has 0 unspecified atom stereocenters. The fourth-order valence-electron chi connectivity index (χ4n) is 2.50. The van der Waals surface area contributed by atoms with Crippen molar-refractivity contribution in [3.05, 3.63) is 84.4 Å². The summed E-state index contributed by atoms with van der Waals surface area (Å²) in [6.07, 6.45) is 1.06. The van der Waals surface area contributed by atoms with E-state index in [4.69, 9.17) is 4.74 Å². The van der Waals surface area contributed by atoms with E-state index in [0.29, 0.717) is 19.4 Å². The number of aryl methyl sites for hydroxylation is 1. The highest BCUT2D eigenvalue weighted by Gasteiger charge is 2.03. The second kappa shape index (κ2) is 10.0. The third kappa shape index (κ3) is 6.36. The van der Waals surface area contributed by atoms with Crippen LogP contribution < -0.4 is 10.1 Å². The minimum Gasteiger partial charge on any atom is -0.494 e. The number of anilines is 1. The Hall–Kier alpha value is -3.47. The molecule has 0 saturated carbocycles. The van der Waals surface area contributed by atoms with Crippen molar-refractivity contribution in [1.29, 1.82) is 0 Å². The molecule has 0 atom stereocenters. The van der Waals surface area contributed by atoms with Crippen LogP contribution in [0.1, 0.15) is 18.4 Å². The van der Waals surface area contributed by atoms with Gasteiger partial charge >= 0.3 is 0 Å². The van der Waals surface area contributed by atoms with E-state index in [2.05, 4.69) is 15.5 Å². The fraction of sp³-hybridized carbons (Fsp3) is 0.174. The Balaban J connectivity index is 1.40. The minimum absolute atomic E-state index is 0.0360. The van der Waals surface area contributed by atoms with E-state index in [1.54, 1.807) is 0 Å². The predicted molar refractivity (Wildman–Crippen MR) is 112 cm³/mol. The fourth-order valence-corrected chi connectivity index (χ4v) is 2.50. The molecule has 5 nitrogen and oxygen atoms in total. The van der Waals surface area contributed by atoms with Crippen LogP contribution in [0.15, 0.2) is 89.1 Å². The molecule has 0 saturated heterocycles. The molecule has 1 amide bonds. The van der Waals surface area contributed by atoms with Gasteiger partial charge in [-0.05, 0) is 61.9 Å². The second-order valence-electron chi connectivity index (χ2n) is 6.40. The Morgan fingerprint density at radius 3 is 2.18 bits per heavy atom. The van der Waals surface area contributed by atoms with Crippen molar-refractivity contribution < 1.29 is 9.53 Å². The van der Waals surface area contributed by atoms with Gasteiger partial charge in [0.25, 0.3) is 0 Å². The van der Waals surface area contributed by atoms with Gasteiger partial charge in [-0.25, -0.2) is 0 Å². The lowest BCUT2D eigenvalue weighted by Crippen LogP contribution is -2.12. The Bertz CT molecular complexity index is 905. The smallest absolute Gasteiger partial charge is 0.224 e. The maximum Gasteiger partial charge on any atom is 0.224 e. The Morgan fingerprint density at radius 1 is 0.857 bits per heavy atom. The maximum absolute atomic E-state index is 12.1. The number of azo groups is 1. The van der Waals surface area contributed by atoms with Gasteiger partial charge in [0.1, 0.15) is 5.75 Å². The number of hydrogen-bond donors (Lipinski definition) is 1. The molecule has 0 aliphatic rings. The van der Waals surface area contributed by atoms with Gasteiger partial charge in [-0.15, -0.1) is 0 Å². The van der Waals surface area contributed by atoms with Gasteiger partial charge in [0, 0.05) is 12.1 Å². The highest BCUT2D eigenvalue weighted by atomic mass is 16.5. The predicted octanol–water partition coefficient (Wildman–Crippen LogP) is 6.21. The van der Waals surface area contributed by atoms with Gasteiger partial charge in [0.15, 0.2) is 0 Å². The highest BCUT2D eigenvalue weighted by Crippen LogP contribution is 2.20. The molecular weight excluding hydrogens is 350 g/mol. The number of ether oxygens (including phenoxy) is 1. The summed E-state index contributed by atoms with van der Waals surface area (Å²) in [5.41, 5.74) is 3.46. The van der Waals surface area contributed by atoms with Crippen LogP contribution in [0, 0.1) is 6.92 Å². The van der Waals surface area contributed by atoms with Crippen LogP contribution in [-0.2, 0) is 4.79 Å². The molecular formula is C23H23N3O2. The van der Waals surface area contributed by atoms with Crippen molar-refractivity contribution in [3.8, 4) is 5.75 Å². The van der Waals surface area contributed by atoms with Crippen LogP contribution in [0.2, 0.25) is 0 Å². The van der Waals surface area contributed by atoms with E-state index >= 15 is 0 Å². The number of carbonyl (C=O) groups excluding carboxylic acids is 1. The summed E-state index contributed by atoms with van der Waals surface area (Å²) in [5.74, 6) is 0.789. The van der Waals surface area contributed by atoms with Crippen LogP contribution >= 0.6 is 0 Å². The average molecular weight is 373 g/mol. The van der Waals surface area contributed by atoms with Crippen LogP contribution in [0.3, 0.4) is 0 Å². The number of nitrogens with zero attached hydrogens (tertiary/aromatic N) is 2. The van der Waals surface area contributed by atoms with E-state index in [0.717, 1.165) is 22.8 Å². The van der Waals surface area contributed by atoms with E-state index in [1.165, 1.54) is 5.56 Å². The normalized spacial score (nSPS) is 10.8. The average Bonchev–Trinajstić information content (AvgIpc) is 2.73. The van der Waals surface area contributed by atoms with Gasteiger partial charge in [0.2, 0.25) is 5.91 Å². The molecule has 3 aromatic rings. The van der Waals surface area contributed by atoms with Crippen molar-refractivity contribution in [3.63, 3.8) is 0 Å². The first-order chi connectivity index (χ1) is 13.7. The first kappa shape index (κ1) is 19.3. The van der Waals surface area contributed by atoms with Gasteiger partial charge in [-0.3, -0.25) is 4.79 Å². The first-order valence-electron chi connectivity index (χ1n) is 9.25. The molecule has 142 valence electrons. The van der Waals surface area contributed by atoms with Crippen LogP contribution in [0.25, 0.3) is 0 Å². The molecule has 1 N–H and O–H groups in total. The van der Waals surface area contributed by atoms with Crippen LogP contribution in [0.5, 0.6) is 5.75 Å². The number of benzene rings is 3. The monoisotopic (exact) mass is 373 g/mol. The standard InChI is InChI=1S/C23H23N3O2/c1-18-9-15-22(16-10-18)28-17-5-8-23(27)24-19-11-13-21(14-12-19)26-25-20-6-3-2-4-7-20/h2-4,6-7,9-16H,5,8,17H2,1H3,(H,24,27). The molecule has 3 rings (SSSR count). The molecule has 0 aliphatic heterocycles. The molecule has 0 heterocycles. The Morgan fingerprint density at radius 2 is 1.50 bits per heavy atom. The summed E-state index contributed by atoms with van der Waals surface area (Å²) in [6, 6.07) is 24.7. The van der Waals surface area contributed by atoms with Gasteiger partial charge in [-0.1, -0.05) is 35.9 Å². The molecule has 0 aromatic heterocycles. The minimum atomic E-state index is -0.0360. The third-order valence-electron chi connectivity index (χ3n) is 4.03. The molecule has 0 aliphatic carbocycles. The Kier molecular flexibility index (Phi) is 6.90. The van der Waals surface area contributed by atoms with E-state index in [1.807, 2.05) is 85.8 Å². The van der Waals surface area contributed by atoms with Crippen molar-refractivity contribution in [2.45, 2.75) is 19.8 Å². The van der Waals surface area contributed by atoms with E-state index in [-0.39, 0.29) is 5.91 Å². The molecule has 0 radical (unpaired) electrons. The summed E-state index contributed by atoms with van der Waals surface area (Å²) < 4.78 is 5.64. The van der Waals surface area contributed by atoms with Crippen molar-refractivity contribution in [2.75, 3.05) is 11.9 Å². The van der Waals surface area contributed by atoms with Crippen molar-refractivity contribution in [2.24, 2.45) is 10.2 Å². The van der Waals surface area contributed by atoms with Crippen molar-refractivity contribution in [1.82, 2.24) is 0 Å². The second-order valence-corrected chi connectivity index (χ2v) is 6.40. The Labute approximate surface area is 165 Å². The lowest BCUT2D eigenvalue weighted by molar-refractivity contribution is -0.116. The molecule has 0 spiro atoms. The summed E-state index contributed by atoms with van der Waals surface area (Å²) in [5, 5.41) is 11.2. The first-order valence-corrected chi connectivity index (χ1v) is 9.25. The lowest BCUT2D eigenvalue weighted by Gasteiger charge is -2.07. The summed E-state index contributed by atoms with van der Waals surface area (Å²) in [6.45, 7) is 2.54. The van der Waals surface area contributed by atoms with Gasteiger partial charge < -0.3 is 10.1 Å². The number of amides is 1. The molecule has 28 heavy (non-hydrogen) atoms. The number of nitrogens with one attached hydrogen (secondary N) is 1. The number of hydrogen-bond acceptors (Lipinski definition) is 4. The van der Waals surface area contributed by atoms with Crippen molar-refractivity contribution >= 4 is 23.0 Å². The van der Waals surface area contributed by atoms with Gasteiger partial charge in [-0.2, -0.15) is 10.2 Å². The summed E-state index contributed by atoms with van der Waals surface area (Å²) >= 11 is 0. The maximum atomic E-state index is 12.1. The third-order valence-corrected chi connectivity index (χ3v) is 4.03. The summed E-state index contributed by atoms with van der Waals surface area (Å²) in [7, 11) is 0. The lowest BCUT2D eigenvalue weighted by atomic mass is 10.2. The van der Waals surface area contributed by atoms with E-state index in [9.17, 15) is 4.79 Å².